The summed E-state index contributed by atoms with van der Waals surface area (Å²) in [6.07, 6.45) is 0. The summed E-state index contributed by atoms with van der Waals surface area (Å²) in [7, 11) is -19.8. The molecule has 62 heavy (non-hydrogen) atoms. The van der Waals surface area contributed by atoms with Gasteiger partial charge in [-0.15, -0.1) is 0 Å². The van der Waals surface area contributed by atoms with Gasteiger partial charge in [-0.3, -0.25) is 27.8 Å². The van der Waals surface area contributed by atoms with E-state index in [1.807, 2.05) is 0 Å². The topological polar surface area (TPSA) is 317 Å². The number of urea groups is 1. The number of nitrogens with one attached hydrogen (secondary N) is 4. The molecule has 0 aromatic heterocycles. The van der Waals surface area contributed by atoms with Crippen molar-refractivity contribution < 1.29 is 190 Å². The first kappa shape index (κ1) is 55.8. The van der Waals surface area contributed by atoms with Crippen molar-refractivity contribution in [2.45, 2.75) is 19.6 Å². The first-order valence-corrected chi connectivity index (χ1v) is 21.7. The average Bonchev–Trinajstić information content (AvgIpc) is 3.12. The number of hydrogen-bond donors (Lipinski definition) is 8. The summed E-state index contributed by atoms with van der Waals surface area (Å²) in [6.45, 7) is 0. The molecule has 0 radical (unpaired) electrons. The molecule has 0 spiro atoms. The summed E-state index contributed by atoms with van der Waals surface area (Å²) in [6, 6.07) is 20.5. The zero-order valence-electron chi connectivity index (χ0n) is 36.8. The Balaban J connectivity index is -0.00000496. The molecule has 0 heterocycles. The molecule has 308 valence electrons. The smallest absolute Gasteiger partial charge is 1.00 e. The third kappa shape index (κ3) is 12.9. The largest absolute Gasteiger partial charge is 1.00 e. The van der Waals surface area contributed by atoms with E-state index in [4.69, 9.17) is 0 Å². The monoisotopic (exact) mass is 966 g/mol. The standard InChI is InChI=1S/C35H26N4O15S4.4Na.4H/c40-33(38-27-15-13-23-25(31(27)57(49,50)51)9-3-11-29(23)55(43,44)45)19-5-1-7-21(17-19)36-35(42)37-22-8-2-6-20(18-22)34(41)39-28-16-14-24-26(32(28)58(52,53)54)10-4-12-30(24)56(46,47)48;;;;;;;;/h1-18H,(H,38,40)(H,39,41)(H2,36,37,42)(H,43,44,45)(H,46,47,48)(H,49,50,51)(H,52,53,54);;;;;;;;/q;4*+1;4*-1. The van der Waals surface area contributed by atoms with E-state index in [1.165, 1.54) is 48.5 Å². The molecule has 19 nitrogen and oxygen atoms in total. The summed E-state index contributed by atoms with van der Waals surface area (Å²) in [5.41, 5.74) is -0.997. The number of hydrogen-bond acceptors (Lipinski definition) is 11. The summed E-state index contributed by atoms with van der Waals surface area (Å²) in [5.74, 6) is -1.83. The molecule has 4 amide bonds. The van der Waals surface area contributed by atoms with Crippen molar-refractivity contribution in [3.63, 3.8) is 0 Å². The molecule has 0 aliphatic carbocycles. The minimum Gasteiger partial charge on any atom is -1.00 e. The van der Waals surface area contributed by atoms with Gasteiger partial charge >= 0.3 is 124 Å². The number of benzene rings is 6. The number of carbonyl (C=O) groups excluding carboxylic acids is 3. The Kier molecular flexibility index (Phi) is 19.6. The molecular weight excluding hydrogens is 937 g/mol. The molecule has 0 saturated heterocycles. The first-order valence-electron chi connectivity index (χ1n) is 15.9. The molecule has 0 aliphatic heterocycles. The molecule has 0 saturated carbocycles. The van der Waals surface area contributed by atoms with E-state index in [0.29, 0.717) is 0 Å². The molecule has 6 aromatic rings. The van der Waals surface area contributed by atoms with Gasteiger partial charge in [0.1, 0.15) is 19.6 Å². The summed E-state index contributed by atoms with van der Waals surface area (Å²) in [5, 5.41) is 8.45. The van der Waals surface area contributed by atoms with E-state index in [-0.39, 0.29) is 168 Å². The number of carbonyl (C=O) groups is 3. The molecule has 8 N–H and O–H groups in total. The van der Waals surface area contributed by atoms with Crippen molar-refractivity contribution >= 4 is 103 Å². The van der Waals surface area contributed by atoms with Crippen LogP contribution >= 0.6 is 0 Å². The fourth-order valence-corrected chi connectivity index (χ4v) is 9.08. The van der Waals surface area contributed by atoms with Crippen LogP contribution in [-0.4, -0.2) is 69.7 Å². The van der Waals surface area contributed by atoms with Gasteiger partial charge in [0.05, 0.1) is 11.4 Å². The Hall–Kier alpha value is -2.31. The van der Waals surface area contributed by atoms with Crippen LogP contribution in [0.25, 0.3) is 21.5 Å². The zero-order chi connectivity index (χ0) is 42.4. The Morgan fingerprint density at radius 2 is 0.742 bits per heavy atom. The van der Waals surface area contributed by atoms with E-state index in [0.717, 1.165) is 60.7 Å². The second-order valence-corrected chi connectivity index (χ2v) is 17.6. The van der Waals surface area contributed by atoms with Gasteiger partial charge in [-0.2, -0.15) is 33.7 Å². The third-order valence-corrected chi connectivity index (χ3v) is 12.0. The van der Waals surface area contributed by atoms with E-state index in [2.05, 4.69) is 21.3 Å². The molecule has 6 aromatic carbocycles. The quantitative estimate of drug-likeness (QED) is 0.0468. The molecule has 0 atom stereocenters. The van der Waals surface area contributed by atoms with Gasteiger partial charge in [0, 0.05) is 44.0 Å². The fraction of sp³-hybridized carbons (Fsp3) is 0. The number of amides is 4. The molecule has 0 bridgehead atoms. The zero-order valence-corrected chi connectivity index (χ0v) is 44.1. The maximum atomic E-state index is 13.2. The minimum absolute atomic E-state index is 0. The van der Waals surface area contributed by atoms with Crippen molar-refractivity contribution in [3.05, 3.63) is 120 Å². The first-order chi connectivity index (χ1) is 27.0. The number of rotatable bonds is 10. The third-order valence-electron chi connectivity index (χ3n) is 8.28. The average molecular weight is 967 g/mol. The van der Waals surface area contributed by atoms with Crippen LogP contribution in [-0.2, 0) is 40.5 Å². The van der Waals surface area contributed by atoms with E-state index < -0.39 is 89.3 Å². The van der Waals surface area contributed by atoms with E-state index in [1.54, 1.807) is 0 Å². The van der Waals surface area contributed by atoms with Gasteiger partial charge in [0.15, 0.2) is 0 Å². The van der Waals surface area contributed by atoms with Crippen LogP contribution in [0.1, 0.15) is 26.4 Å². The maximum absolute atomic E-state index is 13.2. The molecule has 6 rings (SSSR count). The van der Waals surface area contributed by atoms with Crippen LogP contribution in [0, 0.1) is 0 Å². The van der Waals surface area contributed by atoms with Crippen molar-refractivity contribution in [1.29, 1.82) is 0 Å². The molecule has 0 fully saturated rings. The van der Waals surface area contributed by atoms with Crippen molar-refractivity contribution in [1.82, 2.24) is 0 Å². The van der Waals surface area contributed by atoms with Crippen LogP contribution in [0.3, 0.4) is 0 Å². The minimum atomic E-state index is -5.09. The van der Waals surface area contributed by atoms with Gasteiger partial charge in [0.2, 0.25) is 0 Å². The fourth-order valence-electron chi connectivity index (χ4n) is 5.96. The van der Waals surface area contributed by atoms with Crippen LogP contribution in [0.5, 0.6) is 0 Å². The van der Waals surface area contributed by atoms with Gasteiger partial charge in [0.25, 0.3) is 52.3 Å². The van der Waals surface area contributed by atoms with E-state index in [9.17, 15) is 66.3 Å². The van der Waals surface area contributed by atoms with E-state index >= 15 is 0 Å². The Morgan fingerprint density at radius 3 is 1.06 bits per heavy atom. The Morgan fingerprint density at radius 1 is 0.403 bits per heavy atom. The number of fused-ring (bicyclic) bond motifs is 2. The predicted octanol–water partition coefficient (Wildman–Crippen LogP) is -6.41. The molecular formula is C35H30N4Na4O15S4. The van der Waals surface area contributed by atoms with Gasteiger partial charge in [-0.1, -0.05) is 48.5 Å². The SMILES string of the molecule is O=C(Nc1cccc(C(=O)Nc2ccc3c(S(=O)(=O)O)cccc3c2S(=O)(=O)O)c1)Nc1cccc(C(=O)Nc2ccc3c(S(=O)(=O)O)cccc3c2S(=O)(=O)O)c1.[H-].[H-].[H-].[H-].[Na+].[Na+].[Na+].[Na+]. The van der Waals surface area contributed by atoms with Crippen LogP contribution in [0.4, 0.5) is 27.5 Å². The molecule has 27 heteroatoms. The van der Waals surface area contributed by atoms with Crippen LogP contribution < -0.4 is 139 Å². The number of anilines is 4. The maximum Gasteiger partial charge on any atom is 1.00 e. The Labute approximate surface area is 448 Å². The molecule has 0 aliphatic rings. The van der Waals surface area contributed by atoms with Crippen LogP contribution in [0.15, 0.2) is 129 Å². The Bertz CT molecular complexity index is 3020. The van der Waals surface area contributed by atoms with Gasteiger partial charge in [-0.25, -0.2) is 4.79 Å². The summed E-state index contributed by atoms with van der Waals surface area (Å²) in [4.78, 5) is 36.4. The summed E-state index contributed by atoms with van der Waals surface area (Å²) >= 11 is 0. The second kappa shape index (κ2) is 21.8. The van der Waals surface area contributed by atoms with Crippen LogP contribution in [0.2, 0.25) is 0 Å². The predicted molar refractivity (Wildman–Crippen MR) is 213 cm³/mol. The van der Waals surface area contributed by atoms with Crippen molar-refractivity contribution in [2.75, 3.05) is 21.3 Å². The molecule has 0 unspecified atom stereocenters. The second-order valence-electron chi connectivity index (χ2n) is 12.1. The van der Waals surface area contributed by atoms with Gasteiger partial charge < -0.3 is 27.0 Å². The normalized spacial score (nSPS) is 11.4. The van der Waals surface area contributed by atoms with Crippen molar-refractivity contribution in [2.24, 2.45) is 0 Å². The van der Waals surface area contributed by atoms with Gasteiger partial charge in [-0.05, 0) is 60.7 Å². The summed E-state index contributed by atoms with van der Waals surface area (Å²) < 4.78 is 136. The van der Waals surface area contributed by atoms with Crippen molar-refractivity contribution in [3.8, 4) is 0 Å².